The van der Waals surface area contributed by atoms with Crippen LogP contribution in [0.15, 0.2) is 65.3 Å². The highest BCUT2D eigenvalue weighted by Crippen LogP contribution is 2.36. The third kappa shape index (κ3) is 5.43. The van der Waals surface area contributed by atoms with E-state index in [1.807, 2.05) is 43.3 Å². The van der Waals surface area contributed by atoms with Crippen molar-refractivity contribution >= 4 is 63.0 Å². The molecule has 0 saturated carbocycles. The van der Waals surface area contributed by atoms with Crippen molar-refractivity contribution in [1.82, 2.24) is 10.1 Å². The number of benzene rings is 3. The smallest absolute Gasteiger partial charge is 0.349 e. The molecule has 5 rings (SSSR count). The Hall–Kier alpha value is -4.41. The predicted octanol–water partition coefficient (Wildman–Crippen LogP) is 6.72. The molecule has 0 aliphatic heterocycles. The molecule has 0 radical (unpaired) electrons. The number of hydrogen-bond donors (Lipinski definition) is 3. The lowest BCUT2D eigenvalue weighted by molar-refractivity contribution is 0.0531. The third-order valence-electron chi connectivity index (χ3n) is 5.89. The van der Waals surface area contributed by atoms with Gasteiger partial charge in [-0.1, -0.05) is 22.8 Å². The number of carbonyl (C=O) groups is 2. The van der Waals surface area contributed by atoms with Crippen molar-refractivity contribution in [3.8, 4) is 21.7 Å². The van der Waals surface area contributed by atoms with Crippen molar-refractivity contribution in [2.24, 2.45) is 5.73 Å². The molecule has 0 saturated heterocycles. The predicted molar refractivity (Wildman–Crippen MR) is 154 cm³/mol. The lowest BCUT2D eigenvalue weighted by Gasteiger charge is -2.11. The van der Waals surface area contributed by atoms with Crippen LogP contribution in [0, 0.1) is 0 Å². The van der Waals surface area contributed by atoms with Crippen molar-refractivity contribution in [3.63, 3.8) is 0 Å². The number of halogens is 1. The number of amides is 1. The van der Waals surface area contributed by atoms with Gasteiger partial charge in [0.2, 0.25) is 5.91 Å². The van der Waals surface area contributed by atoms with E-state index in [-0.39, 0.29) is 12.2 Å². The fourth-order valence-electron chi connectivity index (χ4n) is 4.14. The number of primary amides is 1. The summed E-state index contributed by atoms with van der Waals surface area (Å²) in [6.45, 7) is 4.79. The van der Waals surface area contributed by atoms with Crippen LogP contribution in [0.5, 0.6) is 0 Å². The van der Waals surface area contributed by atoms with Gasteiger partial charge in [0.1, 0.15) is 9.88 Å². The van der Waals surface area contributed by atoms with Crippen LogP contribution in [0.3, 0.4) is 0 Å². The summed E-state index contributed by atoms with van der Waals surface area (Å²) in [6, 6.07) is 16.6. The average Bonchev–Trinajstić information content (AvgIpc) is 3.57. The number of nitrogens with one attached hydrogen (secondary N) is 2. The molecule has 9 nitrogen and oxygen atoms in total. The Kier molecular flexibility index (Phi) is 7.49. The summed E-state index contributed by atoms with van der Waals surface area (Å²) in [4.78, 5) is 28.9. The molecule has 4 N–H and O–H groups in total. The summed E-state index contributed by atoms with van der Waals surface area (Å²) in [5.41, 5.74) is 10.4. The maximum atomic E-state index is 12.1. The molecule has 1 amide bonds. The number of rotatable bonds is 9. The van der Waals surface area contributed by atoms with Crippen molar-refractivity contribution in [2.45, 2.75) is 13.8 Å². The highest BCUT2D eigenvalue weighted by Gasteiger charge is 2.19. The number of thiazole rings is 1. The molecule has 0 unspecified atom stereocenters. The minimum atomic E-state index is -0.609. The van der Waals surface area contributed by atoms with Gasteiger partial charge in [0.15, 0.2) is 11.4 Å². The number of esters is 1. The summed E-state index contributed by atoms with van der Waals surface area (Å²) in [5, 5.41) is 12.7. The van der Waals surface area contributed by atoms with E-state index in [9.17, 15) is 9.59 Å². The molecule has 0 bridgehead atoms. The van der Waals surface area contributed by atoms with Crippen LogP contribution in [0.1, 0.15) is 33.9 Å². The van der Waals surface area contributed by atoms with Gasteiger partial charge < -0.3 is 25.6 Å². The van der Waals surface area contributed by atoms with Crippen molar-refractivity contribution in [1.29, 1.82) is 0 Å². The Morgan fingerprint density at radius 1 is 1.08 bits per heavy atom. The molecular formula is C28H24ClN5O4S. The van der Waals surface area contributed by atoms with E-state index in [1.165, 1.54) is 6.20 Å². The van der Waals surface area contributed by atoms with E-state index in [2.05, 4.69) is 20.8 Å². The SMILES string of the molecule is CCNc1ccc(Cl)cc1-c1ccc2c(Nc3ccc(C(N)=O)c(-c4ncc(C(=O)OCC)s4)c3)noc2c1. The van der Waals surface area contributed by atoms with Gasteiger partial charge in [-0.2, -0.15) is 0 Å². The second kappa shape index (κ2) is 11.1. The minimum Gasteiger partial charge on any atom is -0.462 e. The van der Waals surface area contributed by atoms with E-state index in [4.69, 9.17) is 26.6 Å². The summed E-state index contributed by atoms with van der Waals surface area (Å²) in [6.07, 6.45) is 1.42. The first-order chi connectivity index (χ1) is 18.9. The van der Waals surface area contributed by atoms with Gasteiger partial charge in [0.05, 0.1) is 18.2 Å². The van der Waals surface area contributed by atoms with Crippen LogP contribution in [0.4, 0.5) is 17.2 Å². The zero-order chi connectivity index (χ0) is 27.5. The van der Waals surface area contributed by atoms with Crippen LogP contribution >= 0.6 is 22.9 Å². The fourth-order valence-corrected chi connectivity index (χ4v) is 5.15. The second-order valence-corrected chi connectivity index (χ2v) is 9.93. The van der Waals surface area contributed by atoms with Gasteiger partial charge in [-0.15, -0.1) is 11.3 Å². The molecule has 0 aliphatic rings. The largest absolute Gasteiger partial charge is 0.462 e. The molecule has 0 aliphatic carbocycles. The van der Waals surface area contributed by atoms with Crippen molar-refractivity contribution in [3.05, 3.63) is 76.3 Å². The summed E-state index contributed by atoms with van der Waals surface area (Å²) in [5.74, 6) is -0.583. The third-order valence-corrected chi connectivity index (χ3v) is 7.14. The number of nitrogens with zero attached hydrogens (tertiary/aromatic N) is 2. The lowest BCUT2D eigenvalue weighted by atomic mass is 10.0. The van der Waals surface area contributed by atoms with Gasteiger partial charge in [0.25, 0.3) is 0 Å². The van der Waals surface area contributed by atoms with Crippen LogP contribution in [-0.2, 0) is 4.74 Å². The van der Waals surface area contributed by atoms with Gasteiger partial charge in [-0.25, -0.2) is 9.78 Å². The number of fused-ring (bicyclic) bond motifs is 1. The van der Waals surface area contributed by atoms with Crippen LogP contribution in [-0.4, -0.2) is 35.2 Å². The van der Waals surface area contributed by atoms with E-state index < -0.39 is 11.9 Å². The maximum absolute atomic E-state index is 12.1. The first kappa shape index (κ1) is 26.2. The van der Waals surface area contributed by atoms with Gasteiger partial charge >= 0.3 is 5.97 Å². The van der Waals surface area contributed by atoms with E-state index in [0.717, 1.165) is 40.1 Å². The molecule has 39 heavy (non-hydrogen) atoms. The summed E-state index contributed by atoms with van der Waals surface area (Å²) in [7, 11) is 0. The van der Waals surface area contributed by atoms with Gasteiger partial charge in [-0.3, -0.25) is 4.79 Å². The molecular weight excluding hydrogens is 538 g/mol. The Bertz CT molecular complexity index is 1700. The Morgan fingerprint density at radius 3 is 2.69 bits per heavy atom. The molecule has 2 heterocycles. The second-order valence-electron chi connectivity index (χ2n) is 8.46. The highest BCUT2D eigenvalue weighted by molar-refractivity contribution is 7.16. The number of carbonyl (C=O) groups excluding carboxylic acids is 2. The van der Waals surface area contributed by atoms with E-state index >= 15 is 0 Å². The zero-order valence-electron chi connectivity index (χ0n) is 21.1. The number of hydrogen-bond acceptors (Lipinski definition) is 9. The Morgan fingerprint density at radius 2 is 1.92 bits per heavy atom. The molecule has 3 aromatic carbocycles. The van der Waals surface area contributed by atoms with E-state index in [0.29, 0.717) is 37.6 Å². The normalized spacial score (nSPS) is 10.9. The van der Waals surface area contributed by atoms with Gasteiger partial charge in [0, 0.05) is 39.6 Å². The molecule has 2 aromatic heterocycles. The number of ether oxygens (including phenoxy) is 1. The maximum Gasteiger partial charge on any atom is 0.349 e. The number of anilines is 3. The quantitative estimate of drug-likeness (QED) is 0.169. The van der Waals surface area contributed by atoms with Crippen LogP contribution in [0.25, 0.3) is 32.7 Å². The topological polar surface area (TPSA) is 132 Å². The summed E-state index contributed by atoms with van der Waals surface area (Å²) >= 11 is 7.39. The monoisotopic (exact) mass is 561 g/mol. The van der Waals surface area contributed by atoms with E-state index in [1.54, 1.807) is 25.1 Å². The first-order valence-corrected chi connectivity index (χ1v) is 13.3. The highest BCUT2D eigenvalue weighted by atomic mass is 35.5. The van der Waals surface area contributed by atoms with Gasteiger partial charge in [-0.05, 0) is 67.9 Å². The van der Waals surface area contributed by atoms with Crippen LogP contribution < -0.4 is 16.4 Å². The zero-order valence-corrected chi connectivity index (χ0v) is 22.7. The van der Waals surface area contributed by atoms with Crippen molar-refractivity contribution in [2.75, 3.05) is 23.8 Å². The Balaban J connectivity index is 1.47. The van der Waals surface area contributed by atoms with Crippen LogP contribution in [0.2, 0.25) is 5.02 Å². The standard InChI is InChI=1S/C28H24ClN5O4S/c1-3-31-22-10-6-16(29)12-20(22)15-5-8-19-23(11-15)38-34-26(19)33-17-7-9-18(25(30)35)21(13-17)27-32-14-24(39-27)28(36)37-4-2/h5-14,31H,3-4H2,1-2H3,(H2,30,35)(H,33,34). The average molecular weight is 562 g/mol. The Labute approximate surface area is 232 Å². The molecule has 0 spiro atoms. The molecule has 0 fully saturated rings. The fraction of sp³-hybridized carbons (Fsp3) is 0.143. The summed E-state index contributed by atoms with van der Waals surface area (Å²) < 4.78 is 10.7. The molecule has 198 valence electrons. The van der Waals surface area contributed by atoms with Crippen molar-refractivity contribution < 1.29 is 18.8 Å². The number of nitrogens with two attached hydrogens (primary N) is 1. The molecule has 0 atom stereocenters. The molecule has 11 heteroatoms. The minimum absolute atomic E-state index is 0.251. The molecule has 5 aromatic rings. The lowest BCUT2D eigenvalue weighted by Crippen LogP contribution is -2.12. The number of aromatic nitrogens is 2. The first-order valence-electron chi connectivity index (χ1n) is 12.1.